The fourth-order valence-corrected chi connectivity index (χ4v) is 3.58. The summed E-state index contributed by atoms with van der Waals surface area (Å²) in [6.07, 6.45) is 0. The van der Waals surface area contributed by atoms with Crippen LogP contribution >= 0.6 is 8.58 Å². The Bertz CT molecular complexity index is 686. The van der Waals surface area contributed by atoms with Gasteiger partial charge in [0.2, 0.25) is 0 Å². The van der Waals surface area contributed by atoms with E-state index in [0.29, 0.717) is 22.8 Å². The third kappa shape index (κ3) is 4.33. The van der Waals surface area contributed by atoms with Crippen molar-refractivity contribution in [3.8, 4) is 17.2 Å². The van der Waals surface area contributed by atoms with Crippen LogP contribution in [0.5, 0.6) is 17.2 Å². The molecule has 1 unspecified atom stereocenters. The van der Waals surface area contributed by atoms with Gasteiger partial charge in [0.1, 0.15) is 22.8 Å². The van der Waals surface area contributed by atoms with Crippen molar-refractivity contribution in [2.24, 2.45) is 0 Å². The maximum atomic E-state index is 12.9. The first-order valence-electron chi connectivity index (χ1n) is 7.19. The minimum absolute atomic E-state index is 0. The average Bonchev–Trinajstić information content (AvgIpc) is 2.56. The molecule has 0 heterocycles. The summed E-state index contributed by atoms with van der Waals surface area (Å²) in [7, 11) is 4.64. The molecule has 0 spiro atoms. The van der Waals surface area contributed by atoms with Crippen molar-refractivity contribution in [2.45, 2.75) is 13.8 Å². The van der Waals surface area contributed by atoms with E-state index in [1.807, 2.05) is 32.0 Å². The third-order valence-corrected chi connectivity index (χ3v) is 5.18. The first-order chi connectivity index (χ1) is 11.0. The molecule has 0 aliphatic carbocycles. The molecule has 4 nitrogen and oxygen atoms in total. The molecule has 0 aromatic heterocycles. The van der Waals surface area contributed by atoms with E-state index >= 15 is 0 Å². The topological polar surface area (TPSA) is 44.8 Å². The van der Waals surface area contributed by atoms with Crippen molar-refractivity contribution in [3.05, 3.63) is 47.0 Å². The number of benzene rings is 2. The molecule has 1 radical (unpaired) electrons. The van der Waals surface area contributed by atoms with E-state index in [0.717, 1.165) is 16.4 Å². The van der Waals surface area contributed by atoms with Crippen LogP contribution in [0.15, 0.2) is 30.3 Å². The fraction of sp³-hybridized carbons (Fsp3) is 0.278. The number of rotatable bonds is 6. The van der Waals surface area contributed by atoms with Gasteiger partial charge in [0.15, 0.2) is 5.52 Å². The summed E-state index contributed by atoms with van der Waals surface area (Å²) in [6.45, 7) is 4.04. The number of aryl methyl sites for hydroxylation is 2. The molecule has 0 fully saturated rings. The molecule has 123 valence electrons. The van der Waals surface area contributed by atoms with Gasteiger partial charge in [-0.3, -0.25) is 4.79 Å². The summed E-state index contributed by atoms with van der Waals surface area (Å²) in [6, 6.07) is 9.43. The molecule has 24 heavy (non-hydrogen) atoms. The monoisotopic (exact) mass is 339 g/mol. The van der Waals surface area contributed by atoms with Crippen molar-refractivity contribution in [1.82, 2.24) is 0 Å². The second kappa shape index (κ2) is 9.13. The number of hydrogen-bond acceptors (Lipinski definition) is 4. The number of carbonyl (C=O) groups is 1. The summed E-state index contributed by atoms with van der Waals surface area (Å²) >= 11 is 0. The van der Waals surface area contributed by atoms with Gasteiger partial charge in [-0.2, -0.15) is 0 Å². The zero-order valence-electron chi connectivity index (χ0n) is 15.0. The molecule has 6 heteroatoms. The second-order valence-corrected chi connectivity index (χ2v) is 6.33. The standard InChI is InChI=1S/C18H21O4P.Li/c1-11-7-6-8-12(2)17(11)23-18(19)16-14(21-4)9-13(20-3)10-15(16)22-5;/h6-10,23H,1-5H3;. The molecule has 0 N–H and O–H groups in total. The quantitative estimate of drug-likeness (QED) is 0.599. The predicted octanol–water partition coefficient (Wildman–Crippen LogP) is 3.09. The van der Waals surface area contributed by atoms with Gasteiger partial charge in [-0.1, -0.05) is 18.2 Å². The Hall–Kier alpha value is -1.46. The molecule has 0 amide bonds. The van der Waals surface area contributed by atoms with Gasteiger partial charge >= 0.3 is 0 Å². The third-order valence-electron chi connectivity index (χ3n) is 3.66. The molecular weight excluding hydrogens is 318 g/mol. The van der Waals surface area contributed by atoms with Crippen molar-refractivity contribution >= 4 is 38.3 Å². The summed E-state index contributed by atoms with van der Waals surface area (Å²) in [5.41, 5.74) is 2.67. The van der Waals surface area contributed by atoms with E-state index in [2.05, 4.69) is 0 Å². The van der Waals surface area contributed by atoms with Gasteiger partial charge in [-0.15, -0.1) is 0 Å². The number of carbonyl (C=O) groups excluding carboxylic acids is 1. The van der Waals surface area contributed by atoms with E-state index < -0.39 is 0 Å². The Kier molecular flexibility index (Phi) is 7.83. The van der Waals surface area contributed by atoms with E-state index in [1.54, 1.807) is 19.2 Å². The minimum atomic E-state index is -0.0150. The summed E-state index contributed by atoms with van der Waals surface area (Å²) in [5, 5.41) is 1.07. The number of methoxy groups -OCH3 is 3. The van der Waals surface area contributed by atoms with Gasteiger partial charge < -0.3 is 14.2 Å². The van der Waals surface area contributed by atoms with Crippen LogP contribution in [0.4, 0.5) is 0 Å². The molecule has 2 rings (SSSR count). The van der Waals surface area contributed by atoms with E-state index in [1.165, 1.54) is 14.2 Å². The van der Waals surface area contributed by atoms with Crippen LogP contribution in [0.1, 0.15) is 21.5 Å². The van der Waals surface area contributed by atoms with Crippen LogP contribution in [0.2, 0.25) is 0 Å². The summed E-state index contributed by atoms with van der Waals surface area (Å²) in [4.78, 5) is 12.9. The molecule has 0 saturated carbocycles. The first kappa shape index (κ1) is 20.6. The molecule has 0 aliphatic heterocycles. The molecular formula is C18H21LiO4P. The molecule has 1 atom stereocenters. The summed E-state index contributed by atoms with van der Waals surface area (Å²) < 4.78 is 16.0. The molecule has 2 aromatic carbocycles. The minimum Gasteiger partial charge on any atom is -0.496 e. The van der Waals surface area contributed by atoms with Crippen LogP contribution in [-0.2, 0) is 0 Å². The van der Waals surface area contributed by atoms with Gasteiger partial charge in [-0.05, 0) is 38.9 Å². The Morgan fingerprint density at radius 3 is 1.83 bits per heavy atom. The average molecular weight is 339 g/mol. The SMILES string of the molecule is COc1cc(OC)c(C(=O)Pc2c(C)cccc2C)c(OC)c1.[Li]. The summed E-state index contributed by atoms with van der Waals surface area (Å²) in [5.74, 6) is 1.51. The number of ether oxygens (including phenoxy) is 3. The normalized spacial score (nSPS) is 10.4. The van der Waals surface area contributed by atoms with Crippen LogP contribution in [0.25, 0.3) is 0 Å². The maximum absolute atomic E-state index is 12.9. The van der Waals surface area contributed by atoms with Crippen molar-refractivity contribution in [2.75, 3.05) is 21.3 Å². The number of hydrogen-bond donors (Lipinski definition) is 0. The van der Waals surface area contributed by atoms with Crippen molar-refractivity contribution < 1.29 is 19.0 Å². The van der Waals surface area contributed by atoms with E-state index in [4.69, 9.17) is 14.2 Å². The predicted molar refractivity (Wildman–Crippen MR) is 100 cm³/mol. The van der Waals surface area contributed by atoms with Crippen molar-refractivity contribution in [3.63, 3.8) is 0 Å². The largest absolute Gasteiger partial charge is 0.496 e. The Labute approximate surface area is 156 Å². The van der Waals surface area contributed by atoms with Gasteiger partial charge in [0.25, 0.3) is 0 Å². The molecule has 0 bridgehead atoms. The zero-order chi connectivity index (χ0) is 17.0. The van der Waals surface area contributed by atoms with Gasteiger partial charge in [-0.25, -0.2) is 0 Å². The maximum Gasteiger partial charge on any atom is 0.193 e. The van der Waals surface area contributed by atoms with Crippen LogP contribution in [0.3, 0.4) is 0 Å². The first-order valence-corrected chi connectivity index (χ1v) is 8.19. The van der Waals surface area contributed by atoms with Gasteiger partial charge in [0, 0.05) is 31.0 Å². The van der Waals surface area contributed by atoms with Crippen LogP contribution < -0.4 is 19.5 Å². The fourth-order valence-electron chi connectivity index (χ4n) is 2.42. The van der Waals surface area contributed by atoms with Gasteiger partial charge in [0.05, 0.1) is 21.3 Å². The zero-order valence-corrected chi connectivity index (χ0v) is 16.0. The van der Waals surface area contributed by atoms with E-state index in [-0.39, 0.29) is 33.0 Å². The molecule has 0 saturated heterocycles. The van der Waals surface area contributed by atoms with Crippen molar-refractivity contribution in [1.29, 1.82) is 0 Å². The Morgan fingerprint density at radius 2 is 1.42 bits per heavy atom. The smallest absolute Gasteiger partial charge is 0.193 e. The molecule has 0 aliphatic rings. The Balaban J connectivity index is 0.00000288. The Morgan fingerprint density at radius 1 is 0.917 bits per heavy atom. The van der Waals surface area contributed by atoms with E-state index in [9.17, 15) is 4.79 Å². The second-order valence-electron chi connectivity index (χ2n) is 5.13. The van der Waals surface area contributed by atoms with Crippen LogP contribution in [0, 0.1) is 13.8 Å². The van der Waals surface area contributed by atoms with Crippen LogP contribution in [-0.4, -0.2) is 45.7 Å². The molecule has 2 aromatic rings.